The highest BCUT2D eigenvalue weighted by Crippen LogP contribution is 2.45. The van der Waals surface area contributed by atoms with Crippen molar-refractivity contribution in [2.45, 2.75) is 0 Å². The number of rotatable bonds is 3. The van der Waals surface area contributed by atoms with Gasteiger partial charge in [-0.15, -0.1) is 11.3 Å². The standard InChI is InChI=1S/C40H24N4S/c1-3-13-25(14-4-1)37-28-18-7-10-20-32(28)41-40(42-37)44-33-21-11-8-17-27(33)30-23-35-31(24-34(30)44)39-38(29-19-9-12-22-36(29)45-39)43(35)26-15-5-2-6-16-26/h1-24H. The molecule has 5 heteroatoms. The second kappa shape index (κ2) is 9.36. The number of fused-ring (bicyclic) bond motifs is 9. The summed E-state index contributed by atoms with van der Waals surface area (Å²) in [7, 11) is 0. The van der Waals surface area contributed by atoms with Gasteiger partial charge in [0, 0.05) is 42.9 Å². The van der Waals surface area contributed by atoms with Crippen molar-refractivity contribution in [1.82, 2.24) is 19.1 Å². The minimum atomic E-state index is 0.674. The summed E-state index contributed by atoms with van der Waals surface area (Å²) in [6, 6.07) is 51.5. The molecule has 10 aromatic rings. The van der Waals surface area contributed by atoms with Gasteiger partial charge in [-0.05, 0) is 42.5 Å². The molecule has 210 valence electrons. The molecule has 4 heterocycles. The van der Waals surface area contributed by atoms with Crippen LogP contribution in [0.25, 0.3) is 86.8 Å². The molecule has 4 nitrogen and oxygen atoms in total. The van der Waals surface area contributed by atoms with E-state index in [1.807, 2.05) is 23.5 Å². The molecule has 0 bridgehead atoms. The molecule has 10 rings (SSSR count). The van der Waals surface area contributed by atoms with Gasteiger partial charge in [-0.2, -0.15) is 0 Å². The number of aromatic nitrogens is 4. The van der Waals surface area contributed by atoms with Gasteiger partial charge in [-0.1, -0.05) is 103 Å². The highest BCUT2D eigenvalue weighted by Gasteiger charge is 2.22. The minimum Gasteiger partial charge on any atom is -0.308 e. The van der Waals surface area contributed by atoms with Crippen molar-refractivity contribution in [2.24, 2.45) is 0 Å². The number of benzene rings is 6. The Hall–Kier alpha value is -5.78. The zero-order chi connectivity index (χ0) is 29.5. The van der Waals surface area contributed by atoms with Gasteiger partial charge in [0.25, 0.3) is 0 Å². The number of hydrogen-bond acceptors (Lipinski definition) is 3. The van der Waals surface area contributed by atoms with Gasteiger partial charge in [0.15, 0.2) is 0 Å². The van der Waals surface area contributed by atoms with Gasteiger partial charge >= 0.3 is 0 Å². The first-order valence-corrected chi connectivity index (χ1v) is 15.9. The number of para-hydroxylation sites is 3. The van der Waals surface area contributed by atoms with Gasteiger partial charge in [0.2, 0.25) is 5.95 Å². The van der Waals surface area contributed by atoms with Gasteiger partial charge in [0.1, 0.15) is 0 Å². The van der Waals surface area contributed by atoms with E-state index in [1.54, 1.807) is 0 Å². The predicted octanol–water partition coefficient (Wildman–Crippen LogP) is 10.7. The molecule has 4 aromatic heterocycles. The first kappa shape index (κ1) is 24.6. The van der Waals surface area contributed by atoms with E-state index in [-0.39, 0.29) is 0 Å². The fourth-order valence-electron chi connectivity index (χ4n) is 6.97. The van der Waals surface area contributed by atoms with Crippen molar-refractivity contribution < 1.29 is 0 Å². The van der Waals surface area contributed by atoms with Crippen molar-refractivity contribution in [3.63, 3.8) is 0 Å². The van der Waals surface area contributed by atoms with Crippen LogP contribution < -0.4 is 0 Å². The molecule has 0 amide bonds. The molecule has 0 saturated carbocycles. The van der Waals surface area contributed by atoms with Crippen LogP contribution in [0.1, 0.15) is 0 Å². The Morgan fingerprint density at radius 3 is 1.96 bits per heavy atom. The third-order valence-corrected chi connectivity index (χ3v) is 10.1. The Morgan fingerprint density at radius 2 is 1.11 bits per heavy atom. The molecule has 0 unspecified atom stereocenters. The Labute approximate surface area is 262 Å². The van der Waals surface area contributed by atoms with Crippen LogP contribution in [0.4, 0.5) is 0 Å². The van der Waals surface area contributed by atoms with Crippen molar-refractivity contribution in [3.8, 4) is 22.9 Å². The van der Waals surface area contributed by atoms with Crippen LogP contribution in [0, 0.1) is 0 Å². The van der Waals surface area contributed by atoms with Gasteiger partial charge in [-0.3, -0.25) is 4.57 Å². The van der Waals surface area contributed by atoms with Gasteiger partial charge in [0.05, 0.1) is 38.0 Å². The van der Waals surface area contributed by atoms with Crippen LogP contribution in [0.2, 0.25) is 0 Å². The third-order valence-electron chi connectivity index (χ3n) is 8.92. The second-order valence-electron chi connectivity index (χ2n) is 11.4. The fraction of sp³-hybridized carbons (Fsp3) is 0. The van der Waals surface area contributed by atoms with Crippen LogP contribution >= 0.6 is 11.3 Å². The molecule has 0 aliphatic heterocycles. The molecule has 6 aromatic carbocycles. The summed E-state index contributed by atoms with van der Waals surface area (Å²) in [6.07, 6.45) is 0. The summed E-state index contributed by atoms with van der Waals surface area (Å²) in [5.74, 6) is 0.674. The van der Waals surface area contributed by atoms with Crippen LogP contribution in [-0.2, 0) is 0 Å². The molecule has 0 radical (unpaired) electrons. The Kier molecular flexibility index (Phi) is 5.12. The Balaban J connectivity index is 1.37. The van der Waals surface area contributed by atoms with Gasteiger partial charge in [-0.25, -0.2) is 9.97 Å². The van der Waals surface area contributed by atoms with Crippen molar-refractivity contribution in [2.75, 3.05) is 0 Å². The zero-order valence-corrected chi connectivity index (χ0v) is 24.9. The minimum absolute atomic E-state index is 0.674. The first-order chi connectivity index (χ1) is 22.3. The lowest BCUT2D eigenvalue weighted by Crippen LogP contribution is -2.03. The molecule has 0 fully saturated rings. The van der Waals surface area contributed by atoms with Crippen LogP contribution in [0.5, 0.6) is 0 Å². The van der Waals surface area contributed by atoms with E-state index < -0.39 is 0 Å². The lowest BCUT2D eigenvalue weighted by molar-refractivity contribution is 1.01. The van der Waals surface area contributed by atoms with Crippen molar-refractivity contribution in [1.29, 1.82) is 0 Å². The maximum Gasteiger partial charge on any atom is 0.235 e. The summed E-state index contributed by atoms with van der Waals surface area (Å²) in [5, 5.41) is 5.92. The highest BCUT2D eigenvalue weighted by molar-refractivity contribution is 7.26. The molecule has 0 spiro atoms. The maximum absolute atomic E-state index is 5.29. The van der Waals surface area contributed by atoms with Gasteiger partial charge < -0.3 is 4.57 Å². The van der Waals surface area contributed by atoms with Crippen LogP contribution in [-0.4, -0.2) is 19.1 Å². The van der Waals surface area contributed by atoms with E-state index in [1.165, 1.54) is 42.0 Å². The summed E-state index contributed by atoms with van der Waals surface area (Å²) in [6.45, 7) is 0. The van der Waals surface area contributed by atoms with E-state index in [9.17, 15) is 0 Å². The Bertz CT molecular complexity index is 2750. The normalized spacial score (nSPS) is 12.0. The van der Waals surface area contributed by atoms with E-state index in [0.29, 0.717) is 5.95 Å². The summed E-state index contributed by atoms with van der Waals surface area (Å²) in [4.78, 5) is 10.5. The van der Waals surface area contributed by atoms with E-state index in [2.05, 4.69) is 143 Å². The number of nitrogens with zero attached hydrogens (tertiary/aromatic N) is 4. The molecule has 0 saturated heterocycles. The molecular formula is C40H24N4S. The summed E-state index contributed by atoms with van der Waals surface area (Å²) in [5.41, 5.74) is 8.75. The smallest absolute Gasteiger partial charge is 0.235 e. The number of hydrogen-bond donors (Lipinski definition) is 0. The lowest BCUT2D eigenvalue weighted by atomic mass is 10.1. The van der Waals surface area contributed by atoms with E-state index in [4.69, 9.17) is 9.97 Å². The average molecular weight is 593 g/mol. The highest BCUT2D eigenvalue weighted by atomic mass is 32.1. The molecule has 45 heavy (non-hydrogen) atoms. The Morgan fingerprint density at radius 1 is 0.467 bits per heavy atom. The van der Waals surface area contributed by atoms with Crippen LogP contribution in [0.15, 0.2) is 146 Å². The quantitative estimate of drug-likeness (QED) is 0.205. The molecule has 0 atom stereocenters. The maximum atomic E-state index is 5.29. The number of thiophene rings is 1. The summed E-state index contributed by atoms with van der Waals surface area (Å²) >= 11 is 1.86. The summed E-state index contributed by atoms with van der Waals surface area (Å²) < 4.78 is 7.27. The largest absolute Gasteiger partial charge is 0.308 e. The van der Waals surface area contributed by atoms with Crippen molar-refractivity contribution >= 4 is 75.3 Å². The SMILES string of the molecule is c1ccc(-c2nc(-n3c4ccccc4c4cc5c(cc43)c3sc4ccccc4c3n5-c3ccccc3)nc3ccccc23)cc1. The zero-order valence-electron chi connectivity index (χ0n) is 24.1. The first-order valence-electron chi connectivity index (χ1n) is 15.1. The van der Waals surface area contributed by atoms with Crippen molar-refractivity contribution in [3.05, 3.63) is 146 Å². The predicted molar refractivity (Wildman–Crippen MR) is 189 cm³/mol. The molecule has 0 aliphatic carbocycles. The second-order valence-corrected chi connectivity index (χ2v) is 12.5. The average Bonchev–Trinajstić information content (AvgIpc) is 3.74. The monoisotopic (exact) mass is 592 g/mol. The molecular weight excluding hydrogens is 569 g/mol. The molecule has 0 N–H and O–H groups in total. The topological polar surface area (TPSA) is 35.6 Å². The van der Waals surface area contributed by atoms with E-state index >= 15 is 0 Å². The third kappa shape index (κ3) is 3.53. The van der Waals surface area contributed by atoms with E-state index in [0.717, 1.165) is 38.9 Å². The van der Waals surface area contributed by atoms with Crippen LogP contribution in [0.3, 0.4) is 0 Å². The fourth-order valence-corrected chi connectivity index (χ4v) is 8.18. The molecule has 0 aliphatic rings. The lowest BCUT2D eigenvalue weighted by Gasteiger charge is -2.12.